The highest BCUT2D eigenvalue weighted by Gasteiger charge is 2.38. The highest BCUT2D eigenvalue weighted by atomic mass is 16.4. The highest BCUT2D eigenvalue weighted by molar-refractivity contribution is 6.22. The van der Waals surface area contributed by atoms with Crippen LogP contribution in [0.25, 0.3) is 0 Å². The van der Waals surface area contributed by atoms with Crippen LogP contribution in [-0.4, -0.2) is 22.9 Å². The number of carboxylic acid groups (broad SMARTS) is 1. The van der Waals surface area contributed by atoms with E-state index in [1.54, 1.807) is 6.92 Å². The monoisotopic (exact) mass is 248 g/mol. The lowest BCUT2D eigenvalue weighted by molar-refractivity contribution is -0.122. The number of carbonyl (C=O) groups is 3. The van der Waals surface area contributed by atoms with Crippen molar-refractivity contribution in [2.45, 2.75) is 13.3 Å². The predicted octanol–water partition coefficient (Wildman–Crippen LogP) is 0.866. The Bertz CT molecular complexity index is 553. The Morgan fingerprint density at radius 1 is 1.44 bits per heavy atom. The standard InChI is InChI=1S/C12H12N2O4/c1-6-4-10(15)14(11(6)16)9-5-7(13)2-3-8(9)12(17)18/h2-3,5-6H,4,13H2,1H3,(H,17,18). The van der Waals surface area contributed by atoms with Gasteiger partial charge in [0.2, 0.25) is 11.8 Å². The Morgan fingerprint density at radius 3 is 2.61 bits per heavy atom. The minimum atomic E-state index is -1.20. The second-order valence-corrected chi connectivity index (χ2v) is 4.25. The normalized spacial score (nSPS) is 19.4. The molecule has 0 saturated carbocycles. The van der Waals surface area contributed by atoms with Crippen LogP contribution in [0.2, 0.25) is 0 Å². The molecule has 0 spiro atoms. The molecule has 0 aromatic heterocycles. The number of rotatable bonds is 2. The molecule has 1 atom stereocenters. The molecule has 1 heterocycles. The zero-order valence-electron chi connectivity index (χ0n) is 9.71. The van der Waals surface area contributed by atoms with E-state index in [1.165, 1.54) is 18.2 Å². The molecule has 1 fully saturated rings. The number of carboxylic acids is 1. The molecule has 0 radical (unpaired) electrons. The summed E-state index contributed by atoms with van der Waals surface area (Å²) in [7, 11) is 0. The number of anilines is 2. The SMILES string of the molecule is CC1CC(=O)N(c2cc(N)ccc2C(=O)O)C1=O. The number of nitrogens with zero attached hydrogens (tertiary/aromatic N) is 1. The molecule has 94 valence electrons. The van der Waals surface area contributed by atoms with Crippen molar-refractivity contribution < 1.29 is 19.5 Å². The third-order valence-corrected chi connectivity index (χ3v) is 2.87. The van der Waals surface area contributed by atoms with Crippen molar-refractivity contribution in [1.82, 2.24) is 0 Å². The minimum Gasteiger partial charge on any atom is -0.478 e. The first-order valence-electron chi connectivity index (χ1n) is 5.41. The van der Waals surface area contributed by atoms with Gasteiger partial charge in [0.25, 0.3) is 0 Å². The largest absolute Gasteiger partial charge is 0.478 e. The van der Waals surface area contributed by atoms with Crippen LogP contribution < -0.4 is 10.6 Å². The number of hydrogen-bond acceptors (Lipinski definition) is 4. The first-order valence-corrected chi connectivity index (χ1v) is 5.41. The maximum atomic E-state index is 11.9. The highest BCUT2D eigenvalue weighted by Crippen LogP contribution is 2.30. The van der Waals surface area contributed by atoms with Crippen molar-refractivity contribution in [3.05, 3.63) is 23.8 Å². The van der Waals surface area contributed by atoms with Gasteiger partial charge in [0.1, 0.15) is 0 Å². The van der Waals surface area contributed by atoms with Crippen LogP contribution in [0.5, 0.6) is 0 Å². The maximum Gasteiger partial charge on any atom is 0.337 e. The molecule has 1 aromatic rings. The van der Waals surface area contributed by atoms with Crippen LogP contribution in [0.4, 0.5) is 11.4 Å². The lowest BCUT2D eigenvalue weighted by Crippen LogP contribution is -2.31. The van der Waals surface area contributed by atoms with E-state index in [-0.39, 0.29) is 17.7 Å². The topological polar surface area (TPSA) is 101 Å². The Labute approximate surface area is 103 Å². The summed E-state index contributed by atoms with van der Waals surface area (Å²) < 4.78 is 0. The molecule has 1 aliphatic heterocycles. The van der Waals surface area contributed by atoms with Gasteiger partial charge >= 0.3 is 5.97 Å². The van der Waals surface area contributed by atoms with E-state index in [4.69, 9.17) is 10.8 Å². The lowest BCUT2D eigenvalue weighted by atomic mass is 10.1. The summed E-state index contributed by atoms with van der Waals surface area (Å²) in [5.74, 6) is -2.43. The summed E-state index contributed by atoms with van der Waals surface area (Å²) in [6.07, 6.45) is 0.0900. The van der Waals surface area contributed by atoms with Gasteiger partial charge in [-0.3, -0.25) is 9.59 Å². The third-order valence-electron chi connectivity index (χ3n) is 2.87. The van der Waals surface area contributed by atoms with Crippen molar-refractivity contribution >= 4 is 29.2 Å². The molecule has 18 heavy (non-hydrogen) atoms. The molecule has 3 N–H and O–H groups in total. The van der Waals surface area contributed by atoms with Crippen LogP contribution in [0, 0.1) is 5.92 Å². The number of benzene rings is 1. The fourth-order valence-corrected chi connectivity index (χ4v) is 1.95. The van der Waals surface area contributed by atoms with Crippen LogP contribution in [0.3, 0.4) is 0 Å². The lowest BCUT2D eigenvalue weighted by Gasteiger charge is -2.17. The Hall–Kier alpha value is -2.37. The molecule has 6 heteroatoms. The van der Waals surface area contributed by atoms with E-state index in [0.717, 1.165) is 4.90 Å². The summed E-state index contributed by atoms with van der Waals surface area (Å²) in [6.45, 7) is 1.63. The number of nitrogen functional groups attached to an aromatic ring is 1. The molecule has 1 aliphatic rings. The van der Waals surface area contributed by atoms with E-state index in [9.17, 15) is 14.4 Å². The third kappa shape index (κ3) is 1.81. The van der Waals surface area contributed by atoms with Crippen molar-refractivity contribution in [3.63, 3.8) is 0 Å². The van der Waals surface area contributed by atoms with Gasteiger partial charge in [-0.25, -0.2) is 9.69 Å². The van der Waals surface area contributed by atoms with Crippen molar-refractivity contribution in [1.29, 1.82) is 0 Å². The average molecular weight is 248 g/mol. The van der Waals surface area contributed by atoms with Gasteiger partial charge in [0, 0.05) is 18.0 Å². The molecule has 1 saturated heterocycles. The van der Waals surface area contributed by atoms with Crippen molar-refractivity contribution in [3.8, 4) is 0 Å². The summed E-state index contributed by atoms with van der Waals surface area (Å²) in [6, 6.07) is 4.04. The van der Waals surface area contributed by atoms with Crippen LogP contribution in [-0.2, 0) is 9.59 Å². The number of aromatic carboxylic acids is 1. The number of nitrogens with two attached hydrogens (primary N) is 1. The fraction of sp³-hybridized carbons (Fsp3) is 0.250. The average Bonchev–Trinajstić information content (AvgIpc) is 2.52. The van der Waals surface area contributed by atoms with E-state index in [1.807, 2.05) is 0 Å². The zero-order valence-corrected chi connectivity index (χ0v) is 9.71. The summed E-state index contributed by atoms with van der Waals surface area (Å²) in [5.41, 5.74) is 5.81. The predicted molar refractivity (Wildman–Crippen MR) is 64.1 cm³/mol. The number of amides is 2. The van der Waals surface area contributed by atoms with E-state index >= 15 is 0 Å². The first-order chi connectivity index (χ1) is 8.41. The number of hydrogen-bond donors (Lipinski definition) is 2. The molecule has 1 unspecified atom stereocenters. The van der Waals surface area contributed by atoms with Gasteiger partial charge in [-0.05, 0) is 18.2 Å². The first kappa shape index (κ1) is 12.1. The molecule has 2 rings (SSSR count). The van der Waals surface area contributed by atoms with Crippen LogP contribution in [0.15, 0.2) is 18.2 Å². The molecule has 2 amide bonds. The summed E-state index contributed by atoms with van der Waals surface area (Å²) in [5, 5.41) is 9.07. The minimum absolute atomic E-state index is 0.0434. The molecular formula is C12H12N2O4. The van der Waals surface area contributed by atoms with Gasteiger partial charge in [0.15, 0.2) is 0 Å². The van der Waals surface area contributed by atoms with Gasteiger partial charge in [-0.2, -0.15) is 0 Å². The second kappa shape index (κ2) is 4.14. The molecule has 1 aromatic carbocycles. The molecular weight excluding hydrogens is 236 g/mol. The molecule has 0 bridgehead atoms. The van der Waals surface area contributed by atoms with E-state index in [2.05, 4.69) is 0 Å². The van der Waals surface area contributed by atoms with Gasteiger partial charge < -0.3 is 10.8 Å². The Balaban J connectivity index is 2.56. The summed E-state index contributed by atoms with van der Waals surface area (Å²) >= 11 is 0. The molecule has 6 nitrogen and oxygen atoms in total. The Kier molecular flexibility index (Phi) is 2.78. The van der Waals surface area contributed by atoms with Gasteiger partial charge in [-0.1, -0.05) is 6.92 Å². The number of carbonyl (C=O) groups excluding carboxylic acids is 2. The fourth-order valence-electron chi connectivity index (χ4n) is 1.95. The van der Waals surface area contributed by atoms with Gasteiger partial charge in [0.05, 0.1) is 11.3 Å². The van der Waals surface area contributed by atoms with Crippen LogP contribution in [0.1, 0.15) is 23.7 Å². The smallest absolute Gasteiger partial charge is 0.337 e. The van der Waals surface area contributed by atoms with Gasteiger partial charge in [-0.15, -0.1) is 0 Å². The van der Waals surface area contributed by atoms with E-state index in [0.29, 0.717) is 5.69 Å². The zero-order chi connectivity index (χ0) is 13.4. The van der Waals surface area contributed by atoms with Crippen LogP contribution >= 0.6 is 0 Å². The number of imide groups is 1. The van der Waals surface area contributed by atoms with Crippen molar-refractivity contribution in [2.75, 3.05) is 10.6 Å². The summed E-state index contributed by atoms with van der Waals surface area (Å²) in [4.78, 5) is 35.6. The molecule has 0 aliphatic carbocycles. The second-order valence-electron chi connectivity index (χ2n) is 4.25. The Morgan fingerprint density at radius 2 is 2.11 bits per heavy atom. The quantitative estimate of drug-likeness (QED) is 0.597. The van der Waals surface area contributed by atoms with Crippen molar-refractivity contribution in [2.24, 2.45) is 5.92 Å². The van der Waals surface area contributed by atoms with E-state index < -0.39 is 23.7 Å². The maximum absolute atomic E-state index is 11.9.